The fraction of sp³-hybridized carbons (Fsp3) is 0.562. The Hall–Kier alpha value is -1.55. The van der Waals surface area contributed by atoms with Gasteiger partial charge < -0.3 is 15.8 Å². The fourth-order valence-electron chi connectivity index (χ4n) is 2.81. The van der Waals surface area contributed by atoms with Crippen molar-refractivity contribution in [2.75, 3.05) is 7.05 Å². The smallest absolute Gasteiger partial charge is 0.237 e. The minimum atomic E-state index is -0.611. The number of hydrogen-bond acceptors (Lipinski definition) is 3. The molecule has 20 heavy (non-hydrogen) atoms. The van der Waals surface area contributed by atoms with Gasteiger partial charge in [0.1, 0.15) is 17.4 Å². The molecule has 1 aliphatic carbocycles. The molecule has 0 heterocycles. The van der Waals surface area contributed by atoms with E-state index in [4.69, 9.17) is 10.5 Å². The fourth-order valence-corrected chi connectivity index (χ4v) is 2.81. The summed E-state index contributed by atoms with van der Waals surface area (Å²) in [5.74, 6) is 1.06. The van der Waals surface area contributed by atoms with Crippen molar-refractivity contribution in [2.45, 2.75) is 50.7 Å². The van der Waals surface area contributed by atoms with Crippen LogP contribution in [0.4, 0.5) is 0 Å². The van der Waals surface area contributed by atoms with Gasteiger partial charge in [0.15, 0.2) is 0 Å². The number of nitrogens with two attached hydrogens (primary N) is 1. The summed E-state index contributed by atoms with van der Waals surface area (Å²) in [4.78, 5) is 11.6. The second kappa shape index (κ2) is 5.83. The van der Waals surface area contributed by atoms with Gasteiger partial charge in [0.25, 0.3) is 0 Å². The normalized spacial score (nSPS) is 25.9. The Kier molecular flexibility index (Phi) is 4.33. The van der Waals surface area contributed by atoms with Gasteiger partial charge in [-0.25, -0.2) is 0 Å². The van der Waals surface area contributed by atoms with E-state index >= 15 is 0 Å². The number of hydrogen-bond donors (Lipinski definition) is 2. The molecular formula is C16H24N2O2. The van der Waals surface area contributed by atoms with Crippen LogP contribution in [0.25, 0.3) is 0 Å². The van der Waals surface area contributed by atoms with Crippen LogP contribution in [-0.4, -0.2) is 24.6 Å². The van der Waals surface area contributed by atoms with Crippen LogP contribution in [0.5, 0.6) is 5.75 Å². The van der Waals surface area contributed by atoms with Gasteiger partial charge in [0.05, 0.1) is 0 Å². The van der Waals surface area contributed by atoms with Crippen LogP contribution >= 0.6 is 0 Å². The van der Waals surface area contributed by atoms with E-state index < -0.39 is 5.54 Å². The number of likely N-dealkylation sites (N-methyl/N-ethyl adjacent to an activating group) is 1. The first kappa shape index (κ1) is 14.9. The number of carbonyl (C=O) groups excluding carboxylic acids is 1. The largest absolute Gasteiger partial charge is 0.490 e. The Labute approximate surface area is 120 Å². The Morgan fingerprint density at radius 2 is 2.25 bits per heavy atom. The topological polar surface area (TPSA) is 64.3 Å². The molecule has 2 atom stereocenters. The minimum Gasteiger partial charge on any atom is -0.490 e. The third-order valence-corrected chi connectivity index (χ3v) is 4.25. The van der Waals surface area contributed by atoms with Crippen LogP contribution in [0.2, 0.25) is 0 Å². The molecule has 2 unspecified atom stereocenters. The van der Waals surface area contributed by atoms with Crippen molar-refractivity contribution >= 4 is 5.91 Å². The number of rotatable bonds is 5. The van der Waals surface area contributed by atoms with E-state index in [2.05, 4.69) is 31.3 Å². The lowest BCUT2D eigenvalue weighted by Gasteiger charge is -2.25. The van der Waals surface area contributed by atoms with Gasteiger partial charge in [0, 0.05) is 6.42 Å². The van der Waals surface area contributed by atoms with Gasteiger partial charge in [-0.3, -0.25) is 4.79 Å². The molecule has 1 aromatic rings. The first-order valence-corrected chi connectivity index (χ1v) is 7.22. The van der Waals surface area contributed by atoms with E-state index in [0.29, 0.717) is 12.3 Å². The summed E-state index contributed by atoms with van der Waals surface area (Å²) < 4.78 is 6.03. The third-order valence-electron chi connectivity index (χ3n) is 4.25. The summed E-state index contributed by atoms with van der Waals surface area (Å²) in [6, 6.07) is 8.16. The summed E-state index contributed by atoms with van der Waals surface area (Å²) in [6.45, 7) is 4.32. The highest BCUT2D eigenvalue weighted by Crippen LogP contribution is 2.33. The van der Waals surface area contributed by atoms with E-state index in [1.165, 1.54) is 5.56 Å². The number of nitrogens with one attached hydrogen (secondary N) is 1. The van der Waals surface area contributed by atoms with Crippen LogP contribution in [0.1, 0.15) is 44.6 Å². The molecule has 3 N–H and O–H groups in total. The van der Waals surface area contributed by atoms with Gasteiger partial charge in [-0.1, -0.05) is 26.0 Å². The lowest BCUT2D eigenvalue weighted by molar-refractivity contribution is -0.124. The predicted octanol–water partition coefficient (Wildman–Crippen LogP) is 2.18. The van der Waals surface area contributed by atoms with Crippen LogP contribution in [0, 0.1) is 0 Å². The van der Waals surface area contributed by atoms with Crippen LogP contribution in [0.3, 0.4) is 0 Å². The van der Waals surface area contributed by atoms with Crippen LogP contribution in [-0.2, 0) is 4.79 Å². The first-order chi connectivity index (χ1) is 9.47. The summed E-state index contributed by atoms with van der Waals surface area (Å²) in [5.41, 5.74) is 6.15. The molecule has 0 spiro atoms. The van der Waals surface area contributed by atoms with Crippen molar-refractivity contribution in [1.82, 2.24) is 5.32 Å². The second-order valence-corrected chi connectivity index (χ2v) is 5.91. The molecule has 1 amide bonds. The Morgan fingerprint density at radius 3 is 2.80 bits per heavy atom. The highest BCUT2D eigenvalue weighted by atomic mass is 16.5. The van der Waals surface area contributed by atoms with E-state index in [-0.39, 0.29) is 12.0 Å². The molecule has 110 valence electrons. The number of carbonyl (C=O) groups is 1. The van der Waals surface area contributed by atoms with Crippen molar-refractivity contribution in [1.29, 1.82) is 0 Å². The molecule has 1 fully saturated rings. The van der Waals surface area contributed by atoms with Crippen molar-refractivity contribution in [3.05, 3.63) is 29.8 Å². The van der Waals surface area contributed by atoms with Crippen LogP contribution < -0.4 is 15.8 Å². The molecule has 1 aliphatic rings. The predicted molar refractivity (Wildman–Crippen MR) is 79.8 cm³/mol. The summed E-state index contributed by atoms with van der Waals surface area (Å²) in [7, 11) is 1.78. The monoisotopic (exact) mass is 276 g/mol. The molecule has 0 aromatic heterocycles. The number of amides is 1. The van der Waals surface area contributed by atoms with Crippen molar-refractivity contribution in [3.63, 3.8) is 0 Å². The highest BCUT2D eigenvalue weighted by Gasteiger charge is 2.43. The molecule has 0 aliphatic heterocycles. The standard InChI is InChI=1S/C16H24N2O2/c1-11(2)12-5-4-6-13(9-12)20-14-7-8-16(10-14,18-3)15(17)19/h4-6,9,11,14,18H,7-8,10H2,1-3H3,(H2,17,19). The number of ether oxygens (including phenoxy) is 1. The van der Waals surface area contributed by atoms with Gasteiger partial charge in [-0.05, 0) is 43.5 Å². The minimum absolute atomic E-state index is 0.0392. The first-order valence-electron chi connectivity index (χ1n) is 7.22. The summed E-state index contributed by atoms with van der Waals surface area (Å²) >= 11 is 0. The molecule has 0 radical (unpaired) electrons. The molecule has 0 saturated heterocycles. The van der Waals surface area contributed by atoms with Crippen LogP contribution in [0.15, 0.2) is 24.3 Å². The maximum atomic E-state index is 11.6. The third kappa shape index (κ3) is 2.96. The lowest BCUT2D eigenvalue weighted by atomic mass is 9.97. The molecule has 4 nitrogen and oxygen atoms in total. The average Bonchev–Trinajstić information content (AvgIpc) is 2.83. The van der Waals surface area contributed by atoms with E-state index in [9.17, 15) is 4.79 Å². The van der Waals surface area contributed by atoms with Crippen molar-refractivity contribution < 1.29 is 9.53 Å². The van der Waals surface area contributed by atoms with E-state index in [1.807, 2.05) is 12.1 Å². The molecule has 1 saturated carbocycles. The molecule has 4 heteroatoms. The second-order valence-electron chi connectivity index (χ2n) is 5.91. The van der Waals surface area contributed by atoms with Gasteiger partial charge in [0.2, 0.25) is 5.91 Å². The zero-order valence-corrected chi connectivity index (χ0v) is 12.5. The van der Waals surface area contributed by atoms with Crippen molar-refractivity contribution in [2.24, 2.45) is 5.73 Å². The Balaban J connectivity index is 2.05. The van der Waals surface area contributed by atoms with Gasteiger partial charge >= 0.3 is 0 Å². The Bertz CT molecular complexity index is 487. The number of primary amides is 1. The zero-order valence-electron chi connectivity index (χ0n) is 12.5. The van der Waals surface area contributed by atoms with Gasteiger partial charge in [-0.2, -0.15) is 0 Å². The van der Waals surface area contributed by atoms with Crippen molar-refractivity contribution in [3.8, 4) is 5.75 Å². The maximum absolute atomic E-state index is 11.6. The summed E-state index contributed by atoms with van der Waals surface area (Å²) in [6.07, 6.45) is 2.24. The SMILES string of the molecule is CNC1(C(N)=O)CCC(Oc2cccc(C(C)C)c2)C1. The van der Waals surface area contributed by atoms with E-state index in [1.54, 1.807) is 7.05 Å². The molecule has 2 rings (SSSR count). The quantitative estimate of drug-likeness (QED) is 0.866. The number of benzene rings is 1. The zero-order chi connectivity index (χ0) is 14.8. The highest BCUT2D eigenvalue weighted by molar-refractivity contribution is 5.85. The Morgan fingerprint density at radius 1 is 1.50 bits per heavy atom. The maximum Gasteiger partial charge on any atom is 0.237 e. The van der Waals surface area contributed by atoms with E-state index in [0.717, 1.165) is 18.6 Å². The molecule has 0 bridgehead atoms. The average molecular weight is 276 g/mol. The molecule has 1 aromatic carbocycles. The lowest BCUT2D eigenvalue weighted by Crippen LogP contribution is -2.52. The summed E-state index contributed by atoms with van der Waals surface area (Å²) in [5, 5.41) is 3.07. The molecular weight excluding hydrogens is 252 g/mol. The van der Waals surface area contributed by atoms with Gasteiger partial charge in [-0.15, -0.1) is 0 Å².